The predicted molar refractivity (Wildman–Crippen MR) is 94.2 cm³/mol. The second-order valence-electron chi connectivity index (χ2n) is 7.57. The number of thiophene rings is 1. The Balaban J connectivity index is 1.74. The van der Waals surface area contributed by atoms with Gasteiger partial charge in [-0.15, -0.1) is 0 Å². The molecule has 1 aliphatic rings. The van der Waals surface area contributed by atoms with E-state index < -0.39 is 0 Å². The van der Waals surface area contributed by atoms with Gasteiger partial charge in [-0.05, 0) is 54.5 Å². The lowest BCUT2D eigenvalue weighted by molar-refractivity contribution is -0.129. The molecule has 2 rings (SSSR count). The first kappa shape index (κ1) is 18.0. The first-order valence-corrected chi connectivity index (χ1v) is 9.32. The molecule has 0 bridgehead atoms. The molecule has 0 radical (unpaired) electrons. The Morgan fingerprint density at radius 1 is 1.17 bits per heavy atom. The molecule has 1 saturated carbocycles. The van der Waals surface area contributed by atoms with Crippen LogP contribution in [0.3, 0.4) is 0 Å². The van der Waals surface area contributed by atoms with E-state index in [4.69, 9.17) is 0 Å². The smallest absolute Gasteiger partial charge is 0.225 e. The van der Waals surface area contributed by atoms with Crippen molar-refractivity contribution in [1.29, 1.82) is 0 Å². The molecule has 128 valence electrons. The largest absolute Gasteiger partial charge is 0.353 e. The van der Waals surface area contributed by atoms with Gasteiger partial charge in [-0.3, -0.25) is 9.59 Å². The summed E-state index contributed by atoms with van der Waals surface area (Å²) in [5, 5.41) is 10.4. The molecule has 2 amide bonds. The van der Waals surface area contributed by atoms with E-state index in [-0.39, 0.29) is 29.2 Å². The van der Waals surface area contributed by atoms with Crippen LogP contribution in [0.1, 0.15) is 57.6 Å². The van der Waals surface area contributed by atoms with E-state index in [1.807, 2.05) is 20.8 Å². The highest BCUT2D eigenvalue weighted by atomic mass is 32.1. The van der Waals surface area contributed by atoms with Crippen LogP contribution in [0.25, 0.3) is 0 Å². The second-order valence-corrected chi connectivity index (χ2v) is 8.31. The van der Waals surface area contributed by atoms with Crippen LogP contribution in [0.5, 0.6) is 0 Å². The van der Waals surface area contributed by atoms with Crippen LogP contribution in [-0.2, 0) is 16.1 Å². The molecule has 0 saturated heterocycles. The summed E-state index contributed by atoms with van der Waals surface area (Å²) >= 11 is 1.67. The normalized spacial score (nSPS) is 21.7. The zero-order chi connectivity index (χ0) is 17.0. The number of hydrogen-bond donors (Lipinski definition) is 2. The maximum Gasteiger partial charge on any atom is 0.225 e. The van der Waals surface area contributed by atoms with Gasteiger partial charge in [0.2, 0.25) is 11.8 Å². The van der Waals surface area contributed by atoms with E-state index in [0.29, 0.717) is 6.54 Å². The Labute approximate surface area is 143 Å². The lowest BCUT2D eigenvalue weighted by atomic mass is 9.84. The van der Waals surface area contributed by atoms with Crippen LogP contribution < -0.4 is 10.6 Å². The molecular weight excluding hydrogens is 308 g/mol. The first-order chi connectivity index (χ1) is 10.8. The van der Waals surface area contributed by atoms with Crippen molar-refractivity contribution in [2.24, 2.45) is 11.3 Å². The van der Waals surface area contributed by atoms with Crippen LogP contribution in [0.2, 0.25) is 0 Å². The van der Waals surface area contributed by atoms with Crippen LogP contribution in [-0.4, -0.2) is 17.9 Å². The van der Waals surface area contributed by atoms with Gasteiger partial charge in [-0.25, -0.2) is 0 Å². The van der Waals surface area contributed by atoms with Gasteiger partial charge < -0.3 is 10.6 Å². The number of carbonyl (C=O) groups excluding carboxylic acids is 2. The summed E-state index contributed by atoms with van der Waals surface area (Å²) in [5.74, 6) is 0.325. The lowest BCUT2D eigenvalue weighted by Crippen LogP contribution is -2.44. The van der Waals surface area contributed by atoms with E-state index in [1.165, 1.54) is 11.1 Å². The third kappa shape index (κ3) is 5.06. The molecule has 2 N–H and O–H groups in total. The van der Waals surface area contributed by atoms with Crippen molar-refractivity contribution >= 4 is 23.2 Å². The fourth-order valence-electron chi connectivity index (χ4n) is 2.80. The third-order valence-corrected chi connectivity index (χ3v) is 5.44. The highest BCUT2D eigenvalue weighted by Crippen LogP contribution is 2.26. The fourth-order valence-corrected chi connectivity index (χ4v) is 3.65. The molecule has 0 atom stereocenters. The summed E-state index contributed by atoms with van der Waals surface area (Å²) in [4.78, 5) is 24.3. The minimum atomic E-state index is -0.355. The molecule has 0 unspecified atom stereocenters. The van der Waals surface area contributed by atoms with E-state index in [0.717, 1.165) is 25.7 Å². The maximum absolute atomic E-state index is 12.3. The van der Waals surface area contributed by atoms with Crippen molar-refractivity contribution < 1.29 is 9.59 Å². The molecule has 1 aromatic rings. The van der Waals surface area contributed by atoms with Crippen molar-refractivity contribution in [3.05, 3.63) is 21.9 Å². The van der Waals surface area contributed by atoms with Crippen molar-refractivity contribution in [3.63, 3.8) is 0 Å². The average molecular weight is 337 g/mol. The molecular formula is C18H28N2O2S. The monoisotopic (exact) mass is 336 g/mol. The van der Waals surface area contributed by atoms with Crippen molar-refractivity contribution in [2.75, 3.05) is 0 Å². The molecule has 1 aromatic heterocycles. The van der Waals surface area contributed by atoms with E-state index in [9.17, 15) is 9.59 Å². The molecule has 0 aliphatic heterocycles. The number of rotatable bonds is 4. The average Bonchev–Trinajstić information content (AvgIpc) is 2.90. The number of nitrogens with one attached hydrogen (secondary N) is 2. The molecule has 4 nitrogen and oxygen atoms in total. The summed E-state index contributed by atoms with van der Waals surface area (Å²) in [6.45, 7) is 8.46. The highest BCUT2D eigenvalue weighted by molar-refractivity contribution is 7.08. The van der Waals surface area contributed by atoms with Gasteiger partial charge in [0.05, 0.1) is 0 Å². The lowest BCUT2D eigenvalue weighted by Gasteiger charge is -2.30. The molecule has 1 fully saturated rings. The fraction of sp³-hybridized carbons (Fsp3) is 0.667. The van der Waals surface area contributed by atoms with E-state index in [2.05, 4.69) is 28.3 Å². The summed E-state index contributed by atoms with van der Waals surface area (Å²) in [5.41, 5.74) is 2.09. The van der Waals surface area contributed by atoms with E-state index >= 15 is 0 Å². The number of aryl methyl sites for hydroxylation is 1. The molecule has 1 heterocycles. The second kappa shape index (κ2) is 7.47. The van der Waals surface area contributed by atoms with Crippen molar-refractivity contribution in [2.45, 2.75) is 66.0 Å². The van der Waals surface area contributed by atoms with Gasteiger partial charge >= 0.3 is 0 Å². The standard InChI is InChI=1S/C18H28N2O2S/c1-12-10-23-11-14(12)9-19-16(21)13-5-7-15(8-6-13)20-17(22)18(2,3)4/h10-11,13,15H,5-9H2,1-4H3,(H,19,21)(H,20,22). The summed E-state index contributed by atoms with van der Waals surface area (Å²) in [6, 6.07) is 0.213. The summed E-state index contributed by atoms with van der Waals surface area (Å²) in [7, 11) is 0. The van der Waals surface area contributed by atoms with Crippen LogP contribution in [0, 0.1) is 18.3 Å². The maximum atomic E-state index is 12.3. The molecule has 0 aromatic carbocycles. The Hall–Kier alpha value is -1.36. The van der Waals surface area contributed by atoms with E-state index in [1.54, 1.807) is 11.3 Å². The quantitative estimate of drug-likeness (QED) is 0.885. The van der Waals surface area contributed by atoms with Crippen LogP contribution in [0.15, 0.2) is 10.8 Å². The topological polar surface area (TPSA) is 58.2 Å². The highest BCUT2D eigenvalue weighted by Gasteiger charge is 2.29. The van der Waals surface area contributed by atoms with Gasteiger partial charge in [-0.1, -0.05) is 20.8 Å². The van der Waals surface area contributed by atoms with Gasteiger partial charge in [0.1, 0.15) is 0 Å². The molecule has 5 heteroatoms. The minimum Gasteiger partial charge on any atom is -0.353 e. The van der Waals surface area contributed by atoms with Crippen molar-refractivity contribution in [1.82, 2.24) is 10.6 Å². The Morgan fingerprint density at radius 2 is 1.83 bits per heavy atom. The molecule has 1 aliphatic carbocycles. The number of carbonyl (C=O) groups is 2. The molecule has 0 spiro atoms. The Bertz CT molecular complexity index is 552. The predicted octanol–water partition coefficient (Wildman–Crippen LogP) is 3.39. The zero-order valence-electron chi connectivity index (χ0n) is 14.6. The summed E-state index contributed by atoms with van der Waals surface area (Å²) in [6.07, 6.45) is 3.47. The SMILES string of the molecule is Cc1cscc1CNC(=O)C1CCC(NC(=O)C(C)(C)C)CC1. The van der Waals surface area contributed by atoms with Gasteiger partial charge in [0.25, 0.3) is 0 Å². The van der Waals surface area contributed by atoms with Crippen LogP contribution >= 0.6 is 11.3 Å². The Morgan fingerprint density at radius 3 is 2.35 bits per heavy atom. The number of amides is 2. The zero-order valence-corrected chi connectivity index (χ0v) is 15.4. The molecule has 23 heavy (non-hydrogen) atoms. The van der Waals surface area contributed by atoms with Gasteiger partial charge in [0.15, 0.2) is 0 Å². The van der Waals surface area contributed by atoms with Gasteiger partial charge in [-0.2, -0.15) is 11.3 Å². The first-order valence-electron chi connectivity index (χ1n) is 8.37. The van der Waals surface area contributed by atoms with Gasteiger partial charge in [0, 0.05) is 23.9 Å². The Kier molecular flexibility index (Phi) is 5.84. The van der Waals surface area contributed by atoms with Crippen LogP contribution in [0.4, 0.5) is 0 Å². The minimum absolute atomic E-state index is 0.0803. The summed E-state index contributed by atoms with van der Waals surface area (Å²) < 4.78 is 0. The number of hydrogen-bond acceptors (Lipinski definition) is 3. The third-order valence-electron chi connectivity index (χ3n) is 4.53. The van der Waals surface area contributed by atoms with Crippen molar-refractivity contribution in [3.8, 4) is 0 Å².